The van der Waals surface area contributed by atoms with Gasteiger partial charge < -0.3 is 34.6 Å². The summed E-state index contributed by atoms with van der Waals surface area (Å²) in [5, 5.41) is 14.7. The first-order valence-corrected chi connectivity index (χ1v) is 23.5. The number of ether oxygens (including phenoxy) is 3. The molecule has 4 amide bonds. The number of hydrogen-bond acceptors (Lipinski definition) is 12. The number of nitrogens with one attached hydrogen (secondary N) is 2. The van der Waals surface area contributed by atoms with E-state index in [-0.39, 0.29) is 55.8 Å². The Kier molecular flexibility index (Phi) is 16.4. The second kappa shape index (κ2) is 21.7. The highest BCUT2D eigenvalue weighted by atomic mass is 32.1. The lowest BCUT2D eigenvalue weighted by atomic mass is 9.85. The largest absolute Gasteiger partial charge is 0.477 e. The van der Waals surface area contributed by atoms with Crippen LogP contribution in [0.5, 0.6) is 5.88 Å². The predicted octanol–water partition coefficient (Wildman–Crippen LogP) is 7.41. The Labute approximate surface area is 407 Å². The van der Waals surface area contributed by atoms with Crippen LogP contribution in [-0.2, 0) is 41.4 Å². The minimum absolute atomic E-state index is 0.0997. The fourth-order valence-electron chi connectivity index (χ4n) is 8.06. The van der Waals surface area contributed by atoms with Gasteiger partial charge in [-0.05, 0) is 87.5 Å². The highest BCUT2D eigenvalue weighted by Gasteiger charge is 2.52. The van der Waals surface area contributed by atoms with Crippen molar-refractivity contribution in [2.45, 2.75) is 98.1 Å². The third kappa shape index (κ3) is 11.9. The Morgan fingerprint density at radius 3 is 2.38 bits per heavy atom. The second-order valence-electron chi connectivity index (χ2n) is 18.2. The number of amides is 4. The van der Waals surface area contributed by atoms with Gasteiger partial charge in [0.15, 0.2) is 10.9 Å². The SMILES string of the molecule is Cc1cc(N2C(=S)N(c3ccc(C#N)c(C(F)(F)F)c3F)C(=O)C2(C)C)cnc1OCCCOCCOCC(=O)N[C@H](C(=O)N1CCC[C@H]1C(=O)NCc1ccc(-c2scnc2C)cc1)C(C)(C)C. The van der Waals surface area contributed by atoms with Crippen LogP contribution in [-0.4, -0.2) is 101 Å². The number of hydrogen-bond donors (Lipinski definition) is 2. The van der Waals surface area contributed by atoms with Crippen LogP contribution in [0.15, 0.2) is 54.2 Å². The number of thiazole rings is 1. The normalized spacial score (nSPS) is 16.4. The topological polar surface area (TPSA) is 179 Å². The van der Waals surface area contributed by atoms with E-state index < -0.39 is 63.7 Å². The molecule has 0 spiro atoms. The summed E-state index contributed by atoms with van der Waals surface area (Å²) in [4.78, 5) is 67.3. The second-order valence-corrected chi connectivity index (χ2v) is 19.4. The van der Waals surface area contributed by atoms with Gasteiger partial charge in [-0.1, -0.05) is 45.0 Å². The molecule has 6 rings (SSSR count). The molecule has 2 N–H and O–H groups in total. The summed E-state index contributed by atoms with van der Waals surface area (Å²) in [6, 6.07) is 11.0. The van der Waals surface area contributed by atoms with E-state index in [0.29, 0.717) is 48.5 Å². The lowest BCUT2D eigenvalue weighted by Gasteiger charge is -2.35. The molecular formula is C48H54F4N8O7S2. The molecule has 15 nitrogen and oxygen atoms in total. The number of carbonyl (C=O) groups excluding carboxylic acids is 4. The van der Waals surface area contributed by atoms with Crippen molar-refractivity contribution in [3.63, 3.8) is 0 Å². The number of nitriles is 1. The van der Waals surface area contributed by atoms with Crippen LogP contribution in [0.4, 0.5) is 28.9 Å². The molecule has 0 aliphatic carbocycles. The molecule has 4 aromatic rings. The van der Waals surface area contributed by atoms with Crippen LogP contribution in [0.1, 0.15) is 81.8 Å². The summed E-state index contributed by atoms with van der Waals surface area (Å²) >= 11 is 7.10. The molecule has 0 bridgehead atoms. The van der Waals surface area contributed by atoms with Gasteiger partial charge in [-0.25, -0.2) is 14.4 Å². The summed E-state index contributed by atoms with van der Waals surface area (Å²) in [6.45, 7) is 13.3. The van der Waals surface area contributed by atoms with Crippen LogP contribution < -0.4 is 25.2 Å². The quantitative estimate of drug-likeness (QED) is 0.0574. The fourth-order valence-corrected chi connectivity index (χ4v) is 9.39. The van der Waals surface area contributed by atoms with E-state index in [1.165, 1.54) is 31.0 Å². The molecule has 0 unspecified atom stereocenters. The zero-order chi connectivity index (χ0) is 50.4. The molecule has 4 heterocycles. The number of benzene rings is 2. The molecule has 2 aliphatic rings. The molecule has 0 saturated carbocycles. The maximum Gasteiger partial charge on any atom is 0.420 e. The molecule has 2 atom stereocenters. The van der Waals surface area contributed by atoms with E-state index in [1.54, 1.807) is 29.2 Å². The number of anilines is 2. The summed E-state index contributed by atoms with van der Waals surface area (Å²) in [5.41, 5.74) is 0.0369. The van der Waals surface area contributed by atoms with E-state index in [0.717, 1.165) is 33.8 Å². The predicted molar refractivity (Wildman–Crippen MR) is 254 cm³/mol. The Morgan fingerprint density at radius 1 is 1.03 bits per heavy atom. The Balaban J connectivity index is 0.914. The van der Waals surface area contributed by atoms with Crippen molar-refractivity contribution < 1.29 is 51.0 Å². The van der Waals surface area contributed by atoms with Crippen molar-refractivity contribution in [1.82, 2.24) is 25.5 Å². The summed E-state index contributed by atoms with van der Waals surface area (Å²) in [7, 11) is 0. The van der Waals surface area contributed by atoms with Gasteiger partial charge >= 0.3 is 6.18 Å². The first kappa shape index (κ1) is 52.3. The van der Waals surface area contributed by atoms with Crippen LogP contribution in [0.2, 0.25) is 0 Å². The molecule has 2 aliphatic heterocycles. The standard InChI is InChI=1S/C48H54F4N8O7S2/c1-28-22-33(60-45(68)59(44(64)47(60,6)7)34-16-15-32(23-53)37(38(34)49)48(50,51)52)25-55-42(28)67-19-9-18-65-20-21-66-26-36(61)57-40(46(3,4)5)43(63)58-17-8-10-35(58)41(62)54-24-30-11-13-31(14-12-30)39-29(2)56-27-69-39/h11-16,22,25,27,35,40H,8-10,17-21,24,26H2,1-7H3,(H,54,62)(H,57,61)/t35-,40+/m0/s1. The van der Waals surface area contributed by atoms with Gasteiger partial charge in [-0.2, -0.15) is 18.4 Å². The fraction of sp³-hybridized carbons (Fsp3) is 0.458. The lowest BCUT2D eigenvalue weighted by molar-refractivity contribution is -0.144. The van der Waals surface area contributed by atoms with Gasteiger partial charge in [0.25, 0.3) is 5.91 Å². The molecule has 69 heavy (non-hydrogen) atoms. The number of aromatic nitrogens is 2. The smallest absolute Gasteiger partial charge is 0.420 e. The van der Waals surface area contributed by atoms with E-state index >= 15 is 4.39 Å². The number of pyridine rings is 1. The monoisotopic (exact) mass is 994 g/mol. The van der Waals surface area contributed by atoms with Crippen molar-refractivity contribution in [1.29, 1.82) is 5.26 Å². The number of halogens is 4. The summed E-state index contributed by atoms with van der Waals surface area (Å²) < 4.78 is 73.7. The van der Waals surface area contributed by atoms with E-state index in [2.05, 4.69) is 20.6 Å². The van der Waals surface area contributed by atoms with Gasteiger partial charge in [0, 0.05) is 31.7 Å². The number of alkyl halides is 3. The van der Waals surface area contributed by atoms with Crippen molar-refractivity contribution in [3.8, 4) is 22.4 Å². The Hall–Kier alpha value is -6.08. The van der Waals surface area contributed by atoms with Crippen molar-refractivity contribution in [3.05, 3.63) is 87.9 Å². The number of likely N-dealkylation sites (tertiary alicyclic amines) is 1. The first-order chi connectivity index (χ1) is 32.6. The van der Waals surface area contributed by atoms with Crippen LogP contribution in [0.3, 0.4) is 0 Å². The maximum atomic E-state index is 15.4. The highest BCUT2D eigenvalue weighted by molar-refractivity contribution is 7.81. The first-order valence-electron chi connectivity index (χ1n) is 22.2. The number of thiocarbonyl (C=S) groups is 1. The Bertz CT molecular complexity index is 2610. The lowest BCUT2D eigenvalue weighted by Crippen LogP contribution is -2.58. The number of aryl methyl sites for hydroxylation is 2. The minimum Gasteiger partial charge on any atom is -0.477 e. The van der Waals surface area contributed by atoms with Gasteiger partial charge in [-0.3, -0.25) is 24.1 Å². The van der Waals surface area contributed by atoms with Gasteiger partial charge in [0.05, 0.1) is 65.1 Å². The average Bonchev–Trinajstić information content (AvgIpc) is 4.00. The number of carbonyl (C=O) groups is 4. The number of rotatable bonds is 18. The van der Waals surface area contributed by atoms with Gasteiger partial charge in [-0.15, -0.1) is 11.3 Å². The zero-order valence-corrected chi connectivity index (χ0v) is 40.9. The third-order valence-electron chi connectivity index (χ3n) is 11.7. The molecule has 0 radical (unpaired) electrons. The number of nitrogens with zero attached hydrogens (tertiary/aromatic N) is 6. The molecule has 2 aromatic heterocycles. The van der Waals surface area contributed by atoms with Crippen LogP contribution in [0.25, 0.3) is 10.4 Å². The molecule has 368 valence electrons. The highest BCUT2D eigenvalue weighted by Crippen LogP contribution is 2.42. The van der Waals surface area contributed by atoms with Gasteiger partial charge in [0.2, 0.25) is 23.6 Å². The van der Waals surface area contributed by atoms with Crippen molar-refractivity contribution in [2.75, 3.05) is 49.4 Å². The van der Waals surface area contributed by atoms with E-state index in [4.69, 9.17) is 26.4 Å². The van der Waals surface area contributed by atoms with Crippen molar-refractivity contribution >= 4 is 63.7 Å². The summed E-state index contributed by atoms with van der Waals surface area (Å²) in [6.07, 6.45) is -2.20. The van der Waals surface area contributed by atoms with Crippen molar-refractivity contribution in [2.24, 2.45) is 5.41 Å². The molecule has 21 heteroatoms. The molecule has 2 aromatic carbocycles. The summed E-state index contributed by atoms with van der Waals surface area (Å²) in [5.74, 6) is -3.38. The molecule has 2 saturated heterocycles. The third-order valence-corrected chi connectivity index (χ3v) is 13.0. The van der Waals surface area contributed by atoms with Crippen LogP contribution in [0, 0.1) is 36.4 Å². The average molecular weight is 995 g/mol. The maximum absolute atomic E-state index is 15.4. The Morgan fingerprint density at radius 2 is 1.74 bits per heavy atom. The van der Waals surface area contributed by atoms with Gasteiger partial charge in [0.1, 0.15) is 29.8 Å². The molecule has 2 fully saturated rings. The zero-order valence-electron chi connectivity index (χ0n) is 39.3. The van der Waals surface area contributed by atoms with E-state index in [9.17, 15) is 37.6 Å². The molecular weight excluding hydrogens is 941 g/mol. The minimum atomic E-state index is -5.20. The van der Waals surface area contributed by atoms with Crippen LogP contribution >= 0.6 is 23.6 Å². The van der Waals surface area contributed by atoms with E-state index in [1.807, 2.05) is 57.5 Å².